The summed E-state index contributed by atoms with van der Waals surface area (Å²) in [7, 11) is 2.89. The molecule has 8 nitrogen and oxygen atoms in total. The van der Waals surface area contributed by atoms with Crippen LogP contribution >= 0.6 is 0 Å². The number of rotatable bonds is 5. The van der Waals surface area contributed by atoms with Crippen molar-refractivity contribution in [2.24, 2.45) is 0 Å². The highest BCUT2D eigenvalue weighted by Gasteiger charge is 2.25. The van der Waals surface area contributed by atoms with Crippen LogP contribution in [0.2, 0.25) is 0 Å². The van der Waals surface area contributed by atoms with Gasteiger partial charge in [0.25, 0.3) is 0 Å². The second kappa shape index (κ2) is 6.82. The van der Waals surface area contributed by atoms with Crippen LogP contribution < -0.4 is 4.90 Å². The monoisotopic (exact) mass is 316 g/mol. The smallest absolute Gasteiger partial charge is 0.339 e. The van der Waals surface area contributed by atoms with Gasteiger partial charge in [-0.25, -0.2) is 9.78 Å². The van der Waals surface area contributed by atoms with Crippen LogP contribution in [0.1, 0.15) is 29.0 Å². The molecule has 1 atom stereocenters. The van der Waals surface area contributed by atoms with E-state index in [4.69, 9.17) is 0 Å². The van der Waals surface area contributed by atoms with Gasteiger partial charge in [-0.15, -0.1) is 0 Å². The number of ether oxygens (including phenoxy) is 1. The zero-order chi connectivity index (χ0) is 17.0. The van der Waals surface area contributed by atoms with Crippen LogP contribution in [0.3, 0.4) is 0 Å². The van der Waals surface area contributed by atoms with Crippen LogP contribution in [0.4, 0.5) is 11.5 Å². The molecule has 0 aliphatic carbocycles. The van der Waals surface area contributed by atoms with E-state index in [1.165, 1.54) is 13.3 Å². The number of aromatic nitrogens is 2. The van der Waals surface area contributed by atoms with Crippen LogP contribution in [0.5, 0.6) is 0 Å². The fraction of sp³-hybridized carbons (Fsp3) is 0.267. The number of methoxy groups -OCH3 is 1. The molecule has 0 amide bonds. The molecular formula is C15H16N4O4. The predicted molar refractivity (Wildman–Crippen MR) is 83.3 cm³/mol. The van der Waals surface area contributed by atoms with Gasteiger partial charge < -0.3 is 9.64 Å². The summed E-state index contributed by atoms with van der Waals surface area (Å²) in [6, 6.07) is 6.40. The molecule has 0 radical (unpaired) electrons. The summed E-state index contributed by atoms with van der Waals surface area (Å²) in [6.07, 6.45) is 2.91. The van der Waals surface area contributed by atoms with E-state index in [0.29, 0.717) is 0 Å². The molecule has 0 aromatic carbocycles. The number of hydrogen-bond donors (Lipinski definition) is 0. The molecule has 23 heavy (non-hydrogen) atoms. The van der Waals surface area contributed by atoms with Crippen LogP contribution in [0.15, 0.2) is 36.7 Å². The second-order valence-corrected chi connectivity index (χ2v) is 4.86. The van der Waals surface area contributed by atoms with Gasteiger partial charge in [0.15, 0.2) is 0 Å². The van der Waals surface area contributed by atoms with Gasteiger partial charge in [0.1, 0.15) is 0 Å². The Labute approximate surface area is 132 Å². The molecule has 120 valence electrons. The lowest BCUT2D eigenvalue weighted by molar-refractivity contribution is -0.384. The van der Waals surface area contributed by atoms with E-state index in [1.807, 2.05) is 19.1 Å². The summed E-state index contributed by atoms with van der Waals surface area (Å²) in [5, 5.41) is 11.3. The lowest BCUT2D eigenvalue weighted by Gasteiger charge is -2.25. The first kappa shape index (κ1) is 16.3. The molecule has 8 heteroatoms. The second-order valence-electron chi connectivity index (χ2n) is 4.86. The highest BCUT2D eigenvalue weighted by molar-refractivity contribution is 5.90. The number of pyridine rings is 2. The molecule has 0 aliphatic rings. The standard InChI is InChI=1S/C15H16N4O4/c1-10(12-6-4-5-7-16-12)18(2)14-13(19(21)22)8-11(9-17-14)15(20)23-3/h4-10H,1-3H3. The van der Waals surface area contributed by atoms with Gasteiger partial charge in [-0.3, -0.25) is 15.1 Å². The van der Waals surface area contributed by atoms with E-state index >= 15 is 0 Å². The van der Waals surface area contributed by atoms with E-state index in [2.05, 4.69) is 14.7 Å². The van der Waals surface area contributed by atoms with Crippen LogP contribution in [-0.4, -0.2) is 35.0 Å². The minimum Gasteiger partial charge on any atom is -0.465 e. The van der Waals surface area contributed by atoms with Crippen molar-refractivity contribution in [3.05, 3.63) is 58.0 Å². The first-order valence-electron chi connectivity index (χ1n) is 6.82. The van der Waals surface area contributed by atoms with Crippen molar-refractivity contribution >= 4 is 17.5 Å². The summed E-state index contributed by atoms with van der Waals surface area (Å²) < 4.78 is 4.56. The highest BCUT2D eigenvalue weighted by Crippen LogP contribution is 2.31. The maximum atomic E-state index is 11.5. The lowest BCUT2D eigenvalue weighted by atomic mass is 10.1. The summed E-state index contributed by atoms with van der Waals surface area (Å²) in [4.78, 5) is 32.2. The Bertz CT molecular complexity index is 721. The van der Waals surface area contributed by atoms with Crippen molar-refractivity contribution in [1.82, 2.24) is 9.97 Å². The van der Waals surface area contributed by atoms with E-state index in [9.17, 15) is 14.9 Å². The van der Waals surface area contributed by atoms with Crippen LogP contribution in [-0.2, 0) is 4.74 Å². The Morgan fingerprint density at radius 3 is 2.70 bits per heavy atom. The number of nitrogens with zero attached hydrogens (tertiary/aromatic N) is 4. The highest BCUT2D eigenvalue weighted by atomic mass is 16.6. The van der Waals surface area contributed by atoms with Gasteiger partial charge in [0.05, 0.1) is 29.3 Å². The van der Waals surface area contributed by atoms with E-state index in [1.54, 1.807) is 24.2 Å². The number of anilines is 1. The SMILES string of the molecule is COC(=O)c1cnc(N(C)C(C)c2ccccn2)c([N+](=O)[O-])c1. The van der Waals surface area contributed by atoms with Gasteiger partial charge in [-0.05, 0) is 19.1 Å². The normalized spacial score (nSPS) is 11.6. The maximum absolute atomic E-state index is 11.5. The first-order chi connectivity index (χ1) is 11.0. The third-order valence-electron chi connectivity index (χ3n) is 3.50. The third kappa shape index (κ3) is 3.42. The lowest BCUT2D eigenvalue weighted by Crippen LogP contribution is -2.24. The van der Waals surface area contributed by atoms with E-state index in [0.717, 1.165) is 11.8 Å². The zero-order valence-electron chi connectivity index (χ0n) is 13.0. The Hall–Kier alpha value is -3.03. The molecule has 0 bridgehead atoms. The molecule has 2 aromatic heterocycles. The summed E-state index contributed by atoms with van der Waals surface area (Å²) in [6.45, 7) is 1.86. The average Bonchev–Trinajstić information content (AvgIpc) is 2.59. The van der Waals surface area contributed by atoms with Gasteiger partial charge in [-0.2, -0.15) is 0 Å². The Morgan fingerprint density at radius 2 is 2.13 bits per heavy atom. The number of carbonyl (C=O) groups excluding carboxylic acids is 1. The van der Waals surface area contributed by atoms with Crippen molar-refractivity contribution in [2.45, 2.75) is 13.0 Å². The number of hydrogen-bond acceptors (Lipinski definition) is 7. The van der Waals surface area contributed by atoms with Gasteiger partial charge in [0.2, 0.25) is 5.82 Å². The molecule has 0 aliphatic heterocycles. The summed E-state index contributed by atoms with van der Waals surface area (Å²) >= 11 is 0. The molecular weight excluding hydrogens is 300 g/mol. The topological polar surface area (TPSA) is 98.5 Å². The zero-order valence-corrected chi connectivity index (χ0v) is 13.0. The van der Waals surface area contributed by atoms with Crippen molar-refractivity contribution in [3.63, 3.8) is 0 Å². The van der Waals surface area contributed by atoms with Gasteiger partial charge in [-0.1, -0.05) is 6.07 Å². The van der Waals surface area contributed by atoms with E-state index in [-0.39, 0.29) is 23.1 Å². The summed E-state index contributed by atoms with van der Waals surface area (Å²) in [5.41, 5.74) is 0.517. The minimum absolute atomic E-state index is 0.0295. The Morgan fingerprint density at radius 1 is 1.39 bits per heavy atom. The molecule has 2 aromatic rings. The van der Waals surface area contributed by atoms with Crippen molar-refractivity contribution in [3.8, 4) is 0 Å². The maximum Gasteiger partial charge on any atom is 0.339 e. The number of esters is 1. The molecule has 0 N–H and O–H groups in total. The van der Waals surface area contributed by atoms with Crippen molar-refractivity contribution in [1.29, 1.82) is 0 Å². The number of carbonyl (C=O) groups is 1. The molecule has 0 saturated heterocycles. The van der Waals surface area contributed by atoms with Crippen molar-refractivity contribution in [2.75, 3.05) is 19.1 Å². The molecule has 0 saturated carbocycles. The predicted octanol–water partition coefficient (Wildman–Crippen LogP) is 2.37. The molecule has 0 spiro atoms. The van der Waals surface area contributed by atoms with E-state index < -0.39 is 10.9 Å². The fourth-order valence-corrected chi connectivity index (χ4v) is 2.09. The Kier molecular flexibility index (Phi) is 4.85. The van der Waals surface area contributed by atoms with Gasteiger partial charge >= 0.3 is 11.7 Å². The van der Waals surface area contributed by atoms with Gasteiger partial charge in [0, 0.05) is 25.5 Å². The third-order valence-corrected chi connectivity index (χ3v) is 3.50. The Balaban J connectivity index is 2.41. The number of nitro groups is 1. The quantitative estimate of drug-likeness (QED) is 0.474. The molecule has 2 rings (SSSR count). The molecule has 2 heterocycles. The van der Waals surface area contributed by atoms with Crippen LogP contribution in [0, 0.1) is 10.1 Å². The minimum atomic E-state index is -0.674. The first-order valence-corrected chi connectivity index (χ1v) is 6.82. The summed E-state index contributed by atoms with van der Waals surface area (Å²) in [5.74, 6) is -0.520. The fourth-order valence-electron chi connectivity index (χ4n) is 2.09. The largest absolute Gasteiger partial charge is 0.465 e. The molecule has 0 fully saturated rings. The van der Waals surface area contributed by atoms with Crippen molar-refractivity contribution < 1.29 is 14.5 Å². The average molecular weight is 316 g/mol. The van der Waals surface area contributed by atoms with Crippen LogP contribution in [0.25, 0.3) is 0 Å². The molecule has 1 unspecified atom stereocenters.